The van der Waals surface area contributed by atoms with Gasteiger partial charge in [-0.25, -0.2) is 0 Å². The summed E-state index contributed by atoms with van der Waals surface area (Å²) in [6.07, 6.45) is 3.63. The van der Waals surface area contributed by atoms with Crippen molar-refractivity contribution >= 4 is 41.1 Å². The Morgan fingerprint density at radius 3 is 2.59 bits per heavy atom. The molecule has 0 unspecified atom stereocenters. The van der Waals surface area contributed by atoms with E-state index in [9.17, 15) is 14.4 Å². The summed E-state index contributed by atoms with van der Waals surface area (Å²) in [5.41, 5.74) is 7.74. The average molecular weight is 384 g/mol. The fourth-order valence-electron chi connectivity index (χ4n) is 3.09. The third-order valence-electron chi connectivity index (χ3n) is 4.37. The van der Waals surface area contributed by atoms with Crippen molar-refractivity contribution in [3.05, 3.63) is 70.4 Å². The van der Waals surface area contributed by atoms with Gasteiger partial charge in [0.15, 0.2) is 0 Å². The molecule has 7 heteroatoms. The minimum absolute atomic E-state index is 0.0795. The van der Waals surface area contributed by atoms with Crippen LogP contribution in [-0.4, -0.2) is 22.6 Å². The van der Waals surface area contributed by atoms with Gasteiger partial charge < -0.3 is 16.0 Å². The second-order valence-electron chi connectivity index (χ2n) is 6.20. The molecule has 0 spiro atoms. The minimum Gasteiger partial charge on any atom is -0.366 e. The Bertz CT molecular complexity index is 955. The van der Waals surface area contributed by atoms with E-state index < -0.39 is 11.9 Å². The molecule has 3 amide bonds. The summed E-state index contributed by atoms with van der Waals surface area (Å²) in [7, 11) is 0. The normalized spacial score (nSPS) is 15.2. The number of nitrogens with two attached hydrogens (primary N) is 1. The van der Waals surface area contributed by atoms with Crippen molar-refractivity contribution in [1.82, 2.24) is 4.90 Å². The van der Waals surface area contributed by atoms with Crippen LogP contribution in [0.5, 0.6) is 0 Å². The molecule has 0 radical (unpaired) electrons. The van der Waals surface area contributed by atoms with Crippen molar-refractivity contribution in [2.45, 2.75) is 19.4 Å². The predicted molar refractivity (Wildman–Crippen MR) is 104 cm³/mol. The summed E-state index contributed by atoms with van der Waals surface area (Å²) in [5, 5.41) is 2.91. The number of rotatable bonds is 4. The molecule has 0 aromatic heterocycles. The maximum Gasteiger partial charge on any atom is 0.250 e. The number of carbonyl (C=O) groups excluding carboxylic acids is 3. The first-order chi connectivity index (χ1) is 12.9. The molecule has 2 aromatic rings. The number of benzene rings is 2. The molecule has 0 saturated carbocycles. The SMILES string of the molecule is CC(=O)N1C=Cc2ccccc2[C@H]1CC(=O)Nc1ccc(C(N)=O)c(Cl)c1. The topological polar surface area (TPSA) is 92.5 Å². The fourth-order valence-corrected chi connectivity index (χ4v) is 3.37. The van der Waals surface area contributed by atoms with Gasteiger partial charge in [0.25, 0.3) is 0 Å². The van der Waals surface area contributed by atoms with E-state index in [-0.39, 0.29) is 28.8 Å². The Labute approximate surface area is 161 Å². The monoisotopic (exact) mass is 383 g/mol. The zero-order chi connectivity index (χ0) is 19.6. The van der Waals surface area contributed by atoms with Gasteiger partial charge in [-0.05, 0) is 35.4 Å². The summed E-state index contributed by atoms with van der Waals surface area (Å²) in [6, 6.07) is 11.7. The van der Waals surface area contributed by atoms with Crippen LogP contribution in [0.3, 0.4) is 0 Å². The minimum atomic E-state index is -0.638. The van der Waals surface area contributed by atoms with Gasteiger partial charge in [0.2, 0.25) is 17.7 Å². The molecule has 3 rings (SSSR count). The number of amides is 3. The van der Waals surface area contributed by atoms with Gasteiger partial charge in [0.1, 0.15) is 0 Å². The van der Waals surface area contributed by atoms with E-state index in [4.69, 9.17) is 17.3 Å². The van der Waals surface area contributed by atoms with Crippen molar-refractivity contribution in [1.29, 1.82) is 0 Å². The fraction of sp³-hybridized carbons (Fsp3) is 0.150. The number of nitrogens with one attached hydrogen (secondary N) is 1. The van der Waals surface area contributed by atoms with Crippen LogP contribution in [-0.2, 0) is 9.59 Å². The van der Waals surface area contributed by atoms with Crippen LogP contribution in [0.1, 0.15) is 40.9 Å². The molecular formula is C20H18ClN3O3. The van der Waals surface area contributed by atoms with Crippen molar-refractivity contribution in [2.75, 3.05) is 5.32 Å². The van der Waals surface area contributed by atoms with Crippen LogP contribution in [0.4, 0.5) is 5.69 Å². The highest BCUT2D eigenvalue weighted by Gasteiger charge is 2.28. The van der Waals surface area contributed by atoms with Gasteiger partial charge in [-0.15, -0.1) is 0 Å². The Morgan fingerprint density at radius 1 is 1.19 bits per heavy atom. The van der Waals surface area contributed by atoms with Gasteiger partial charge in [-0.2, -0.15) is 0 Å². The standard InChI is InChI=1S/C20H18ClN3O3/c1-12(25)24-9-8-13-4-2-3-5-15(13)18(24)11-19(26)23-14-6-7-16(20(22)27)17(21)10-14/h2-10,18H,11H2,1H3,(H2,22,27)(H,23,26)/t18-/m1/s1. The molecule has 27 heavy (non-hydrogen) atoms. The largest absolute Gasteiger partial charge is 0.366 e. The molecule has 1 atom stereocenters. The molecule has 1 aliphatic rings. The number of halogens is 1. The van der Waals surface area contributed by atoms with Gasteiger partial charge >= 0.3 is 0 Å². The van der Waals surface area contributed by atoms with E-state index in [0.717, 1.165) is 11.1 Å². The van der Waals surface area contributed by atoms with Gasteiger partial charge in [-0.3, -0.25) is 14.4 Å². The number of hydrogen-bond acceptors (Lipinski definition) is 3. The van der Waals surface area contributed by atoms with Crippen molar-refractivity contribution in [3.63, 3.8) is 0 Å². The van der Waals surface area contributed by atoms with Crippen LogP contribution in [0.2, 0.25) is 5.02 Å². The molecule has 0 saturated heterocycles. The summed E-state index contributed by atoms with van der Waals surface area (Å²) in [5.74, 6) is -1.06. The molecule has 0 bridgehead atoms. The third kappa shape index (κ3) is 4.01. The number of carbonyl (C=O) groups is 3. The van der Waals surface area contributed by atoms with Crippen LogP contribution in [0.25, 0.3) is 6.08 Å². The summed E-state index contributed by atoms with van der Waals surface area (Å²) in [6.45, 7) is 1.46. The second kappa shape index (κ2) is 7.63. The highest BCUT2D eigenvalue weighted by Crippen LogP contribution is 2.33. The molecule has 1 heterocycles. The van der Waals surface area contributed by atoms with E-state index in [2.05, 4.69) is 5.32 Å². The molecule has 0 aliphatic carbocycles. The quantitative estimate of drug-likeness (QED) is 0.847. The average Bonchev–Trinajstić information content (AvgIpc) is 2.61. The summed E-state index contributed by atoms with van der Waals surface area (Å²) in [4.78, 5) is 37.4. The van der Waals surface area contributed by atoms with Crippen molar-refractivity contribution in [2.24, 2.45) is 5.73 Å². The lowest BCUT2D eigenvalue weighted by atomic mass is 9.93. The Balaban J connectivity index is 1.80. The lowest BCUT2D eigenvalue weighted by molar-refractivity contribution is -0.129. The maximum atomic E-state index is 12.6. The van der Waals surface area contributed by atoms with Crippen LogP contribution >= 0.6 is 11.6 Å². The number of hydrogen-bond donors (Lipinski definition) is 2. The summed E-state index contributed by atoms with van der Waals surface area (Å²) < 4.78 is 0. The van der Waals surface area contributed by atoms with Crippen LogP contribution in [0, 0.1) is 0 Å². The molecule has 0 fully saturated rings. The number of nitrogens with zero attached hydrogens (tertiary/aromatic N) is 1. The summed E-state index contributed by atoms with van der Waals surface area (Å²) >= 11 is 6.02. The first-order valence-corrected chi connectivity index (χ1v) is 8.70. The first-order valence-electron chi connectivity index (χ1n) is 8.32. The smallest absolute Gasteiger partial charge is 0.250 e. The van der Waals surface area contributed by atoms with E-state index >= 15 is 0 Å². The lowest BCUT2D eigenvalue weighted by Crippen LogP contribution is -2.33. The van der Waals surface area contributed by atoms with Gasteiger partial charge in [0, 0.05) is 18.8 Å². The molecule has 6 nitrogen and oxygen atoms in total. The Hall–Kier alpha value is -3.12. The number of anilines is 1. The Morgan fingerprint density at radius 2 is 1.93 bits per heavy atom. The highest BCUT2D eigenvalue weighted by molar-refractivity contribution is 6.34. The van der Waals surface area contributed by atoms with Crippen LogP contribution in [0.15, 0.2) is 48.7 Å². The van der Waals surface area contributed by atoms with Crippen molar-refractivity contribution < 1.29 is 14.4 Å². The highest BCUT2D eigenvalue weighted by atomic mass is 35.5. The van der Waals surface area contributed by atoms with Gasteiger partial charge in [0.05, 0.1) is 23.0 Å². The molecule has 3 N–H and O–H groups in total. The molecule has 2 aromatic carbocycles. The molecule has 1 aliphatic heterocycles. The number of primary amides is 1. The molecular weight excluding hydrogens is 366 g/mol. The van der Waals surface area contributed by atoms with Crippen molar-refractivity contribution in [3.8, 4) is 0 Å². The first kappa shape index (κ1) is 18.7. The maximum absolute atomic E-state index is 12.6. The van der Waals surface area contributed by atoms with E-state index in [0.29, 0.717) is 5.69 Å². The number of fused-ring (bicyclic) bond motifs is 1. The second-order valence-corrected chi connectivity index (χ2v) is 6.61. The van der Waals surface area contributed by atoms with E-state index in [1.807, 2.05) is 30.3 Å². The Kier molecular flexibility index (Phi) is 5.28. The zero-order valence-electron chi connectivity index (χ0n) is 14.6. The van der Waals surface area contributed by atoms with Gasteiger partial charge in [-0.1, -0.05) is 35.9 Å². The third-order valence-corrected chi connectivity index (χ3v) is 4.68. The van der Waals surface area contributed by atoms with E-state index in [1.54, 1.807) is 17.2 Å². The van der Waals surface area contributed by atoms with Crippen LogP contribution < -0.4 is 11.1 Å². The lowest BCUT2D eigenvalue weighted by Gasteiger charge is -2.32. The molecule has 138 valence electrons. The predicted octanol–water partition coefficient (Wildman–Crippen LogP) is 3.34. The zero-order valence-corrected chi connectivity index (χ0v) is 15.4. The van der Waals surface area contributed by atoms with E-state index in [1.165, 1.54) is 19.1 Å².